The minimum atomic E-state index is -0.0778. The van der Waals surface area contributed by atoms with Gasteiger partial charge in [-0.1, -0.05) is 30.3 Å². The molecule has 3 aromatic carbocycles. The predicted octanol–water partition coefficient (Wildman–Crippen LogP) is 3.45. The van der Waals surface area contributed by atoms with Gasteiger partial charge in [0.05, 0.1) is 31.2 Å². The van der Waals surface area contributed by atoms with Gasteiger partial charge in [-0.3, -0.25) is 13.9 Å². The van der Waals surface area contributed by atoms with Crippen LogP contribution in [0.25, 0.3) is 11.0 Å². The standard InChI is InChI=1S/C23H18N2O3/c1-28-21-10-9-17-12-18(21)14-25-20-8-3-2-7-19(20)24(23(25)27)13-15-5-4-6-16(11-15)22(17)26/h2-12H,13-14H2,1H3. The lowest BCUT2D eigenvalue weighted by molar-refractivity contribution is 0.103. The average Bonchev–Trinajstić information content (AvgIpc) is 2.99. The van der Waals surface area contributed by atoms with E-state index in [1.54, 1.807) is 28.4 Å². The number of rotatable bonds is 1. The summed E-state index contributed by atoms with van der Waals surface area (Å²) >= 11 is 0. The summed E-state index contributed by atoms with van der Waals surface area (Å²) in [6.07, 6.45) is 0. The number of ether oxygens (including phenoxy) is 1. The largest absolute Gasteiger partial charge is 0.496 e. The summed E-state index contributed by atoms with van der Waals surface area (Å²) in [6, 6.07) is 20.6. The van der Waals surface area contributed by atoms with Gasteiger partial charge in [-0.15, -0.1) is 0 Å². The number of carbonyl (C=O) groups is 1. The van der Waals surface area contributed by atoms with Gasteiger partial charge in [-0.05, 0) is 42.0 Å². The van der Waals surface area contributed by atoms with E-state index in [1.807, 2.05) is 54.6 Å². The van der Waals surface area contributed by atoms with Crippen molar-refractivity contribution in [3.05, 3.63) is 99.5 Å². The van der Waals surface area contributed by atoms with Crippen LogP contribution < -0.4 is 10.4 Å². The molecule has 0 spiro atoms. The Balaban J connectivity index is 1.86. The molecule has 4 aromatic rings. The van der Waals surface area contributed by atoms with Crippen LogP contribution in [0.3, 0.4) is 0 Å². The topological polar surface area (TPSA) is 53.2 Å². The summed E-state index contributed by atoms with van der Waals surface area (Å²) < 4.78 is 9.00. The molecule has 2 heterocycles. The fourth-order valence-electron chi connectivity index (χ4n) is 3.95. The fraction of sp³-hybridized carbons (Fsp3) is 0.130. The number of benzene rings is 3. The van der Waals surface area contributed by atoms with E-state index < -0.39 is 0 Å². The Hall–Kier alpha value is -3.60. The molecule has 0 unspecified atom stereocenters. The lowest BCUT2D eigenvalue weighted by Gasteiger charge is -2.13. The van der Waals surface area contributed by atoms with E-state index in [0.29, 0.717) is 30.0 Å². The van der Waals surface area contributed by atoms with Crippen LogP contribution >= 0.6 is 0 Å². The Labute approximate surface area is 161 Å². The van der Waals surface area contributed by atoms with E-state index in [2.05, 4.69) is 0 Å². The molecule has 1 aromatic heterocycles. The molecule has 1 aliphatic rings. The molecule has 1 aliphatic heterocycles. The zero-order chi connectivity index (χ0) is 19.3. The second-order valence-corrected chi connectivity index (χ2v) is 7.00. The Morgan fingerprint density at radius 1 is 0.786 bits per heavy atom. The number of fused-ring (bicyclic) bond motifs is 9. The number of carbonyl (C=O) groups excluding carboxylic acids is 1. The molecule has 0 N–H and O–H groups in total. The van der Waals surface area contributed by atoms with Crippen molar-refractivity contribution in [2.24, 2.45) is 0 Å². The molecule has 0 fully saturated rings. The second-order valence-electron chi connectivity index (χ2n) is 7.00. The van der Waals surface area contributed by atoms with Gasteiger partial charge in [0.25, 0.3) is 0 Å². The number of hydrogen-bond donors (Lipinski definition) is 0. The first-order chi connectivity index (χ1) is 13.7. The van der Waals surface area contributed by atoms with Crippen LogP contribution in [0, 0.1) is 0 Å². The molecular weight excluding hydrogens is 352 g/mol. The van der Waals surface area contributed by atoms with Crippen molar-refractivity contribution in [3.63, 3.8) is 0 Å². The molecule has 5 nitrogen and oxygen atoms in total. The third-order valence-corrected chi connectivity index (χ3v) is 5.33. The van der Waals surface area contributed by atoms with Gasteiger partial charge in [-0.25, -0.2) is 4.79 Å². The molecule has 0 amide bonds. The molecule has 0 saturated carbocycles. The van der Waals surface area contributed by atoms with Gasteiger partial charge in [0.1, 0.15) is 5.75 Å². The highest BCUT2D eigenvalue weighted by Gasteiger charge is 2.19. The number of ketones is 1. The molecule has 0 aliphatic carbocycles. The van der Waals surface area contributed by atoms with Gasteiger partial charge >= 0.3 is 5.69 Å². The maximum atomic E-state index is 13.3. The molecule has 5 rings (SSSR count). The van der Waals surface area contributed by atoms with E-state index in [4.69, 9.17) is 4.74 Å². The zero-order valence-corrected chi connectivity index (χ0v) is 15.4. The van der Waals surface area contributed by atoms with Crippen molar-refractivity contribution >= 4 is 16.8 Å². The lowest BCUT2D eigenvalue weighted by atomic mass is 9.99. The van der Waals surface area contributed by atoms with Crippen molar-refractivity contribution in [3.8, 4) is 5.75 Å². The van der Waals surface area contributed by atoms with E-state index in [1.165, 1.54) is 0 Å². The van der Waals surface area contributed by atoms with Crippen LogP contribution in [0.5, 0.6) is 5.75 Å². The highest BCUT2D eigenvalue weighted by Crippen LogP contribution is 2.25. The zero-order valence-electron chi connectivity index (χ0n) is 15.4. The summed E-state index contributed by atoms with van der Waals surface area (Å²) in [7, 11) is 1.60. The van der Waals surface area contributed by atoms with Crippen LogP contribution in [0.15, 0.2) is 71.5 Å². The molecule has 138 valence electrons. The number of imidazole rings is 1. The van der Waals surface area contributed by atoms with Gasteiger partial charge < -0.3 is 4.74 Å². The third kappa shape index (κ3) is 2.47. The molecule has 28 heavy (non-hydrogen) atoms. The Bertz CT molecular complexity index is 1300. The van der Waals surface area contributed by atoms with Crippen LogP contribution in [-0.2, 0) is 13.1 Å². The van der Waals surface area contributed by atoms with Gasteiger partial charge in [0, 0.05) is 16.7 Å². The minimum Gasteiger partial charge on any atom is -0.496 e. The molecule has 5 heteroatoms. The summed E-state index contributed by atoms with van der Waals surface area (Å²) in [6.45, 7) is 0.753. The molecular formula is C23H18N2O3. The normalized spacial score (nSPS) is 13.1. The van der Waals surface area contributed by atoms with Crippen LogP contribution in [0.1, 0.15) is 27.0 Å². The van der Waals surface area contributed by atoms with E-state index >= 15 is 0 Å². The first-order valence-electron chi connectivity index (χ1n) is 9.14. The summed E-state index contributed by atoms with van der Waals surface area (Å²) in [5, 5.41) is 0. The number of aromatic nitrogens is 2. The van der Waals surface area contributed by atoms with Crippen molar-refractivity contribution in [1.29, 1.82) is 0 Å². The molecule has 0 atom stereocenters. The van der Waals surface area contributed by atoms with Gasteiger partial charge in [-0.2, -0.15) is 0 Å². The summed E-state index contributed by atoms with van der Waals surface area (Å²) in [5.74, 6) is 0.624. The first kappa shape index (κ1) is 16.6. The molecule has 0 radical (unpaired) electrons. The second kappa shape index (κ2) is 6.23. The number of nitrogens with zero attached hydrogens (tertiary/aromatic N) is 2. The van der Waals surface area contributed by atoms with Crippen molar-refractivity contribution in [2.75, 3.05) is 7.11 Å². The quantitative estimate of drug-likeness (QED) is 0.454. The fourth-order valence-corrected chi connectivity index (χ4v) is 3.95. The predicted molar refractivity (Wildman–Crippen MR) is 107 cm³/mol. The number of para-hydroxylation sites is 2. The SMILES string of the molecule is COc1ccc2cc1Cn1c(=O)n(c3ccccc31)Cc1cccc(c1)C2=O. The number of hydrogen-bond acceptors (Lipinski definition) is 3. The van der Waals surface area contributed by atoms with Crippen LogP contribution in [0.2, 0.25) is 0 Å². The third-order valence-electron chi connectivity index (χ3n) is 5.33. The maximum Gasteiger partial charge on any atom is 0.329 e. The average molecular weight is 370 g/mol. The van der Waals surface area contributed by atoms with Gasteiger partial charge in [0.2, 0.25) is 0 Å². The summed E-state index contributed by atoms with van der Waals surface area (Å²) in [4.78, 5) is 26.3. The minimum absolute atomic E-state index is 0.0347. The van der Waals surface area contributed by atoms with E-state index in [0.717, 1.165) is 22.2 Å². The maximum absolute atomic E-state index is 13.3. The first-order valence-corrected chi connectivity index (χ1v) is 9.14. The Morgan fingerprint density at radius 3 is 2.25 bits per heavy atom. The summed E-state index contributed by atoms with van der Waals surface area (Å²) in [5.41, 5.74) is 4.59. The smallest absolute Gasteiger partial charge is 0.329 e. The van der Waals surface area contributed by atoms with Crippen molar-refractivity contribution in [1.82, 2.24) is 9.13 Å². The van der Waals surface area contributed by atoms with E-state index in [-0.39, 0.29) is 11.5 Å². The Morgan fingerprint density at radius 2 is 1.50 bits per heavy atom. The van der Waals surface area contributed by atoms with Crippen LogP contribution in [-0.4, -0.2) is 22.0 Å². The molecule has 0 saturated heterocycles. The highest BCUT2D eigenvalue weighted by molar-refractivity contribution is 6.09. The van der Waals surface area contributed by atoms with Gasteiger partial charge in [0.15, 0.2) is 5.78 Å². The van der Waals surface area contributed by atoms with E-state index in [9.17, 15) is 9.59 Å². The molecule has 6 bridgehead atoms. The van der Waals surface area contributed by atoms with Crippen molar-refractivity contribution in [2.45, 2.75) is 13.1 Å². The lowest BCUT2D eigenvalue weighted by Crippen LogP contribution is -2.25. The highest BCUT2D eigenvalue weighted by atomic mass is 16.5. The van der Waals surface area contributed by atoms with Crippen LogP contribution in [0.4, 0.5) is 0 Å². The Kier molecular flexibility index (Phi) is 3.69. The van der Waals surface area contributed by atoms with Crippen molar-refractivity contribution < 1.29 is 9.53 Å². The monoisotopic (exact) mass is 370 g/mol. The number of methoxy groups -OCH3 is 1.